The maximum absolute atomic E-state index is 12.7. The van der Waals surface area contributed by atoms with Crippen LogP contribution >= 0.6 is 0 Å². The Labute approximate surface area is 185 Å². The van der Waals surface area contributed by atoms with Gasteiger partial charge in [0, 0.05) is 5.56 Å². The van der Waals surface area contributed by atoms with Crippen LogP contribution in [0.25, 0.3) is 11.1 Å². The van der Waals surface area contributed by atoms with Crippen LogP contribution in [-0.2, 0) is 4.74 Å². The number of pyridine rings is 1. The van der Waals surface area contributed by atoms with Gasteiger partial charge in [0.05, 0.1) is 24.5 Å². The number of nitrogens with zero attached hydrogens (tertiary/aromatic N) is 1. The molecule has 1 aromatic carbocycles. The molecule has 4 atom stereocenters. The lowest BCUT2D eigenvalue weighted by Gasteiger charge is -2.35. The van der Waals surface area contributed by atoms with E-state index in [1.165, 1.54) is 38.3 Å². The Hall–Kier alpha value is -2.27. The number of hydrogen-bond donors (Lipinski definition) is 2. The van der Waals surface area contributed by atoms with Gasteiger partial charge in [-0.3, -0.25) is 4.79 Å². The molecule has 1 fully saturated rings. The van der Waals surface area contributed by atoms with Gasteiger partial charge in [-0.15, -0.1) is 0 Å². The molecule has 0 aliphatic carbocycles. The van der Waals surface area contributed by atoms with Gasteiger partial charge in [0.15, 0.2) is 0 Å². The van der Waals surface area contributed by atoms with Crippen molar-refractivity contribution in [3.8, 4) is 16.9 Å². The van der Waals surface area contributed by atoms with Crippen molar-refractivity contribution in [1.82, 2.24) is 4.73 Å². The van der Waals surface area contributed by atoms with Gasteiger partial charge < -0.3 is 15.1 Å². The van der Waals surface area contributed by atoms with Gasteiger partial charge in [-0.05, 0) is 36.2 Å². The molecule has 2 heterocycles. The summed E-state index contributed by atoms with van der Waals surface area (Å²) in [6.45, 7) is 7.22. The molecule has 2 N–H and O–H groups in total. The van der Waals surface area contributed by atoms with Gasteiger partial charge >= 0.3 is 0 Å². The van der Waals surface area contributed by atoms with E-state index in [1.54, 1.807) is 0 Å². The molecule has 1 saturated heterocycles. The molecule has 1 aromatic heterocycles. The quantitative estimate of drug-likeness (QED) is 0.371. The molecule has 0 unspecified atom stereocenters. The summed E-state index contributed by atoms with van der Waals surface area (Å²) in [4.78, 5) is 12.7. The summed E-state index contributed by atoms with van der Waals surface area (Å²) in [6.07, 6.45) is 9.16. The number of unbranched alkanes of at least 4 members (excludes halogenated alkanes) is 2. The monoisotopic (exact) mass is 427 g/mol. The summed E-state index contributed by atoms with van der Waals surface area (Å²) >= 11 is 0. The highest BCUT2D eigenvalue weighted by molar-refractivity contribution is 5.70. The van der Waals surface area contributed by atoms with Crippen LogP contribution < -0.4 is 5.56 Å². The number of ether oxygens (including phenoxy) is 1. The van der Waals surface area contributed by atoms with Gasteiger partial charge in [0.25, 0.3) is 5.56 Å². The third kappa shape index (κ3) is 5.70. The van der Waals surface area contributed by atoms with Gasteiger partial charge in [-0.1, -0.05) is 83.2 Å². The summed E-state index contributed by atoms with van der Waals surface area (Å²) < 4.78 is 6.69. The van der Waals surface area contributed by atoms with E-state index >= 15 is 0 Å². The Morgan fingerprint density at radius 1 is 1.19 bits per heavy atom. The fraction of sp³-hybridized carbons (Fsp3) is 0.577. The first kappa shape index (κ1) is 23.4. The second-order valence-corrected chi connectivity index (χ2v) is 9.31. The second kappa shape index (κ2) is 10.9. The number of rotatable bonds is 9. The second-order valence-electron chi connectivity index (χ2n) is 9.31. The van der Waals surface area contributed by atoms with E-state index in [-0.39, 0.29) is 17.2 Å². The SMILES string of the molecule is CC[C@H](C)CCCCC[C@H]1CO[C@@H](c2c(O)c(-c3ccccc3)cn(O)c2=O)[C@H](C)C1. The molecule has 1 aliphatic rings. The molecule has 0 radical (unpaired) electrons. The molecule has 2 aromatic rings. The van der Waals surface area contributed by atoms with Crippen molar-refractivity contribution in [1.29, 1.82) is 0 Å². The van der Waals surface area contributed by atoms with E-state index in [0.717, 1.165) is 24.3 Å². The van der Waals surface area contributed by atoms with E-state index in [1.807, 2.05) is 30.3 Å². The molecule has 0 bridgehead atoms. The van der Waals surface area contributed by atoms with E-state index in [2.05, 4.69) is 20.8 Å². The minimum absolute atomic E-state index is 0.0866. The molecule has 0 spiro atoms. The van der Waals surface area contributed by atoms with E-state index in [9.17, 15) is 15.1 Å². The lowest BCUT2D eigenvalue weighted by atomic mass is 9.83. The van der Waals surface area contributed by atoms with Crippen molar-refractivity contribution >= 4 is 0 Å². The van der Waals surface area contributed by atoms with Crippen LogP contribution in [0.2, 0.25) is 0 Å². The summed E-state index contributed by atoms with van der Waals surface area (Å²) in [7, 11) is 0. The minimum atomic E-state index is -0.613. The van der Waals surface area contributed by atoms with E-state index in [0.29, 0.717) is 22.8 Å². The zero-order valence-electron chi connectivity index (χ0n) is 19.1. The van der Waals surface area contributed by atoms with Gasteiger partial charge in [0.2, 0.25) is 0 Å². The summed E-state index contributed by atoms with van der Waals surface area (Å²) in [5, 5.41) is 21.1. The van der Waals surface area contributed by atoms with Crippen molar-refractivity contribution in [3.05, 3.63) is 52.4 Å². The fourth-order valence-electron chi connectivity index (χ4n) is 4.69. The van der Waals surface area contributed by atoms with Gasteiger partial charge in [0.1, 0.15) is 5.75 Å². The van der Waals surface area contributed by atoms with Gasteiger partial charge in [-0.25, -0.2) is 0 Å². The zero-order chi connectivity index (χ0) is 22.4. The molecule has 1 aliphatic heterocycles. The molecule has 170 valence electrons. The molecule has 5 heteroatoms. The van der Waals surface area contributed by atoms with Crippen LogP contribution in [-0.4, -0.2) is 21.7 Å². The normalized spacial score (nSPS) is 22.4. The van der Waals surface area contributed by atoms with Crippen LogP contribution in [0.5, 0.6) is 5.75 Å². The first-order valence-electron chi connectivity index (χ1n) is 11.8. The van der Waals surface area contributed by atoms with Crippen molar-refractivity contribution in [3.63, 3.8) is 0 Å². The van der Waals surface area contributed by atoms with Crippen LogP contribution in [0.1, 0.15) is 77.4 Å². The highest BCUT2D eigenvalue weighted by Gasteiger charge is 2.34. The maximum atomic E-state index is 12.7. The average molecular weight is 428 g/mol. The number of hydrogen-bond acceptors (Lipinski definition) is 4. The smallest absolute Gasteiger partial charge is 0.292 e. The number of benzene rings is 1. The summed E-state index contributed by atoms with van der Waals surface area (Å²) in [5.41, 5.74) is 0.709. The largest absolute Gasteiger partial charge is 0.507 e. The highest BCUT2D eigenvalue weighted by atomic mass is 16.5. The van der Waals surface area contributed by atoms with Gasteiger partial charge in [-0.2, -0.15) is 4.73 Å². The van der Waals surface area contributed by atoms with Crippen molar-refractivity contribution in [2.24, 2.45) is 17.8 Å². The highest BCUT2D eigenvalue weighted by Crippen LogP contribution is 2.42. The molecule has 0 amide bonds. The van der Waals surface area contributed by atoms with Crippen molar-refractivity contribution in [2.45, 2.75) is 71.8 Å². The maximum Gasteiger partial charge on any atom is 0.292 e. The predicted molar refractivity (Wildman–Crippen MR) is 123 cm³/mol. The number of aromatic hydroxyl groups is 1. The lowest BCUT2D eigenvalue weighted by Crippen LogP contribution is -2.33. The third-order valence-corrected chi connectivity index (χ3v) is 6.81. The summed E-state index contributed by atoms with van der Waals surface area (Å²) in [5.74, 6) is 1.28. The van der Waals surface area contributed by atoms with Crippen LogP contribution in [0, 0.1) is 17.8 Å². The average Bonchev–Trinajstić information content (AvgIpc) is 2.77. The molecule has 0 saturated carbocycles. The number of aromatic nitrogens is 1. The van der Waals surface area contributed by atoms with Crippen molar-refractivity contribution in [2.75, 3.05) is 6.61 Å². The topological polar surface area (TPSA) is 71.7 Å². The van der Waals surface area contributed by atoms with Crippen LogP contribution in [0.4, 0.5) is 0 Å². The lowest BCUT2D eigenvalue weighted by molar-refractivity contribution is -0.0576. The Bertz CT molecular complexity index is 892. The molecule has 3 rings (SSSR count). The Kier molecular flexibility index (Phi) is 8.19. The molecule has 31 heavy (non-hydrogen) atoms. The Morgan fingerprint density at radius 3 is 2.61 bits per heavy atom. The predicted octanol–water partition coefficient (Wildman–Crippen LogP) is 6.17. The van der Waals surface area contributed by atoms with Crippen molar-refractivity contribution < 1.29 is 15.1 Å². The third-order valence-electron chi connectivity index (χ3n) is 6.81. The minimum Gasteiger partial charge on any atom is -0.507 e. The standard InChI is InChI=1S/C26H37NO4/c1-4-18(2)11-7-5-8-12-20-15-19(3)25(31-17-20)23-24(28)22(16-27(30)26(23)29)21-13-9-6-10-14-21/h6,9-10,13-14,16,18-20,25,28,30H,4-5,7-8,11-12,15,17H2,1-3H3/t18-,19+,20+,25+/m0/s1. The first-order valence-corrected chi connectivity index (χ1v) is 11.8. The van der Waals surface area contributed by atoms with Crippen LogP contribution in [0.3, 0.4) is 0 Å². The Morgan fingerprint density at radius 2 is 1.94 bits per heavy atom. The molecular weight excluding hydrogens is 390 g/mol. The first-order chi connectivity index (χ1) is 14.9. The van der Waals surface area contributed by atoms with E-state index < -0.39 is 11.7 Å². The molecular formula is C26H37NO4. The van der Waals surface area contributed by atoms with Crippen LogP contribution in [0.15, 0.2) is 41.3 Å². The summed E-state index contributed by atoms with van der Waals surface area (Å²) in [6, 6.07) is 9.27. The Balaban J connectivity index is 1.67. The molecule has 5 nitrogen and oxygen atoms in total. The fourth-order valence-corrected chi connectivity index (χ4v) is 4.69. The van der Waals surface area contributed by atoms with E-state index in [4.69, 9.17) is 4.74 Å². The zero-order valence-corrected chi connectivity index (χ0v) is 19.1.